The summed E-state index contributed by atoms with van der Waals surface area (Å²) in [5, 5.41) is 0. The van der Waals surface area contributed by atoms with Gasteiger partial charge in [0, 0.05) is 17.0 Å². The van der Waals surface area contributed by atoms with E-state index in [0.29, 0.717) is 0 Å². The van der Waals surface area contributed by atoms with Crippen molar-refractivity contribution in [2.24, 2.45) is 5.92 Å². The fourth-order valence-electron chi connectivity index (χ4n) is 1.24. The number of Topliss-reactive ketones (excluding diaryl/α,β-unsaturated/α-hetero) is 1. The van der Waals surface area contributed by atoms with E-state index in [9.17, 15) is 4.79 Å². The summed E-state index contributed by atoms with van der Waals surface area (Å²) < 4.78 is 3.31. The number of hydrogen-bond donors (Lipinski definition) is 1. The first-order chi connectivity index (χ1) is 8.59. The van der Waals surface area contributed by atoms with Crippen LogP contribution in [0, 0.1) is 5.92 Å². The van der Waals surface area contributed by atoms with Gasteiger partial charge in [0.2, 0.25) is 0 Å². The highest BCUT2D eigenvalue weighted by Crippen LogP contribution is 2.15. The summed E-state index contributed by atoms with van der Waals surface area (Å²) in [6.45, 7) is 11.0. The number of carbonyl (C=O) groups is 1. The molecule has 0 aromatic heterocycles. The first kappa shape index (κ1) is 17.2. The molecule has 0 aliphatic carbocycles. The van der Waals surface area contributed by atoms with Crippen LogP contribution in [0.25, 0.3) is 0 Å². The maximum atomic E-state index is 11.1. The molecule has 1 aromatic rings. The van der Waals surface area contributed by atoms with Crippen molar-refractivity contribution >= 4 is 17.7 Å². The molecular weight excluding hydrogens is 242 g/mol. The van der Waals surface area contributed by atoms with Crippen LogP contribution in [0.4, 0.5) is 0 Å². The summed E-state index contributed by atoms with van der Waals surface area (Å²) in [6.07, 6.45) is 1.18. The molecule has 18 heavy (non-hydrogen) atoms. The van der Waals surface area contributed by atoms with Gasteiger partial charge >= 0.3 is 0 Å². The van der Waals surface area contributed by atoms with Crippen LogP contribution in [0.5, 0.6) is 0 Å². The Balaban J connectivity index is 0.00000137. The molecule has 0 spiro atoms. The molecule has 1 aromatic carbocycles. The molecule has 0 fully saturated rings. The normalized spacial score (nSPS) is 9.89. The molecule has 1 N–H and O–H groups in total. The SMILES string of the molecule is CC.CC(=O)c1ccc(SNCCC(C)C)cc1. The first-order valence-corrected chi connectivity index (χ1v) is 7.42. The zero-order chi connectivity index (χ0) is 14.0. The predicted molar refractivity (Wildman–Crippen MR) is 81.1 cm³/mol. The van der Waals surface area contributed by atoms with Crippen LogP contribution in [0.1, 0.15) is 51.4 Å². The molecular formula is C15H25NOS. The highest BCUT2D eigenvalue weighted by atomic mass is 32.2. The maximum absolute atomic E-state index is 11.1. The fourth-order valence-corrected chi connectivity index (χ4v) is 1.90. The Bertz CT molecular complexity index is 333. The zero-order valence-corrected chi connectivity index (χ0v) is 12.9. The van der Waals surface area contributed by atoms with Crippen molar-refractivity contribution in [1.82, 2.24) is 4.72 Å². The minimum atomic E-state index is 0.115. The molecule has 1 rings (SSSR count). The first-order valence-electron chi connectivity index (χ1n) is 6.60. The van der Waals surface area contributed by atoms with E-state index >= 15 is 0 Å². The van der Waals surface area contributed by atoms with Gasteiger partial charge in [-0.25, -0.2) is 0 Å². The minimum absolute atomic E-state index is 0.115. The van der Waals surface area contributed by atoms with Gasteiger partial charge in [-0.05, 0) is 43.3 Å². The molecule has 0 bridgehead atoms. The Hall–Kier alpha value is -0.800. The molecule has 2 nitrogen and oxygen atoms in total. The number of carbonyl (C=O) groups excluding carboxylic acids is 1. The molecule has 0 aliphatic rings. The van der Waals surface area contributed by atoms with Crippen LogP contribution in [-0.2, 0) is 0 Å². The smallest absolute Gasteiger partial charge is 0.159 e. The van der Waals surface area contributed by atoms with Crippen molar-refractivity contribution in [1.29, 1.82) is 0 Å². The largest absolute Gasteiger partial charge is 0.295 e. The highest BCUT2D eigenvalue weighted by molar-refractivity contribution is 7.97. The molecule has 102 valence electrons. The van der Waals surface area contributed by atoms with Crippen molar-refractivity contribution in [2.75, 3.05) is 6.54 Å². The Morgan fingerprint density at radius 2 is 1.78 bits per heavy atom. The Morgan fingerprint density at radius 3 is 2.22 bits per heavy atom. The van der Waals surface area contributed by atoms with Gasteiger partial charge in [0.05, 0.1) is 0 Å². The van der Waals surface area contributed by atoms with Gasteiger partial charge in [-0.15, -0.1) is 0 Å². The number of hydrogen-bond acceptors (Lipinski definition) is 3. The van der Waals surface area contributed by atoms with Crippen molar-refractivity contribution in [3.05, 3.63) is 29.8 Å². The summed E-state index contributed by atoms with van der Waals surface area (Å²) in [6, 6.07) is 7.69. The summed E-state index contributed by atoms with van der Waals surface area (Å²) in [5.74, 6) is 0.845. The summed E-state index contributed by atoms with van der Waals surface area (Å²) in [7, 11) is 0. The van der Waals surface area contributed by atoms with Gasteiger partial charge < -0.3 is 0 Å². The van der Waals surface area contributed by atoms with E-state index in [4.69, 9.17) is 0 Å². The van der Waals surface area contributed by atoms with E-state index in [-0.39, 0.29) is 5.78 Å². The molecule has 0 amide bonds. The quantitative estimate of drug-likeness (QED) is 0.465. The predicted octanol–water partition coefficient (Wildman–Crippen LogP) is 4.56. The van der Waals surface area contributed by atoms with Gasteiger partial charge in [-0.1, -0.05) is 39.8 Å². The van der Waals surface area contributed by atoms with Gasteiger partial charge in [0.15, 0.2) is 5.78 Å². The van der Waals surface area contributed by atoms with Gasteiger partial charge in [0.1, 0.15) is 0 Å². The number of benzene rings is 1. The monoisotopic (exact) mass is 267 g/mol. The van der Waals surface area contributed by atoms with Crippen LogP contribution >= 0.6 is 11.9 Å². The second kappa shape index (κ2) is 10.2. The number of rotatable bonds is 6. The van der Waals surface area contributed by atoms with Crippen molar-refractivity contribution in [2.45, 2.75) is 45.9 Å². The molecule has 3 heteroatoms. The second-order valence-electron chi connectivity index (χ2n) is 4.26. The molecule has 0 heterocycles. The van der Waals surface area contributed by atoms with Crippen molar-refractivity contribution in [3.8, 4) is 0 Å². The summed E-state index contributed by atoms with van der Waals surface area (Å²) in [5.41, 5.74) is 0.770. The third kappa shape index (κ3) is 7.51. The van der Waals surface area contributed by atoms with E-state index in [1.165, 1.54) is 6.42 Å². The van der Waals surface area contributed by atoms with Crippen LogP contribution in [0.3, 0.4) is 0 Å². The number of ketones is 1. The number of nitrogens with one attached hydrogen (secondary N) is 1. The molecule has 0 atom stereocenters. The summed E-state index contributed by atoms with van der Waals surface area (Å²) >= 11 is 1.62. The van der Waals surface area contributed by atoms with Crippen LogP contribution in [0.2, 0.25) is 0 Å². The maximum Gasteiger partial charge on any atom is 0.159 e. The van der Waals surface area contributed by atoms with E-state index in [0.717, 1.165) is 22.9 Å². The fraction of sp³-hybridized carbons (Fsp3) is 0.533. The molecule has 0 aliphatic heterocycles. The molecule has 0 saturated heterocycles. The van der Waals surface area contributed by atoms with Crippen LogP contribution in [0.15, 0.2) is 29.2 Å². The highest BCUT2D eigenvalue weighted by Gasteiger charge is 1.99. The lowest BCUT2D eigenvalue weighted by molar-refractivity contribution is 0.101. The zero-order valence-electron chi connectivity index (χ0n) is 12.1. The molecule has 0 unspecified atom stereocenters. The minimum Gasteiger partial charge on any atom is -0.295 e. The second-order valence-corrected chi connectivity index (χ2v) is 5.22. The lowest BCUT2D eigenvalue weighted by Crippen LogP contribution is -2.07. The van der Waals surface area contributed by atoms with Gasteiger partial charge in [-0.3, -0.25) is 9.52 Å². The lowest BCUT2D eigenvalue weighted by atomic mass is 10.1. The topological polar surface area (TPSA) is 29.1 Å². The Labute approximate surface area is 116 Å². The van der Waals surface area contributed by atoms with Gasteiger partial charge in [-0.2, -0.15) is 0 Å². The third-order valence-electron chi connectivity index (χ3n) is 2.27. The Morgan fingerprint density at radius 1 is 1.22 bits per heavy atom. The van der Waals surface area contributed by atoms with Gasteiger partial charge in [0.25, 0.3) is 0 Å². The molecule has 0 saturated carbocycles. The van der Waals surface area contributed by atoms with E-state index < -0.39 is 0 Å². The standard InChI is InChI=1S/C13H19NOS.C2H6/c1-10(2)8-9-14-16-13-6-4-12(5-7-13)11(3)15;1-2/h4-7,10,14H,8-9H2,1-3H3;1-2H3. The average Bonchev–Trinajstić information content (AvgIpc) is 2.37. The third-order valence-corrected chi connectivity index (χ3v) is 3.13. The lowest BCUT2D eigenvalue weighted by Gasteiger charge is -2.06. The Kier molecular flexibility index (Phi) is 9.70. The average molecular weight is 267 g/mol. The molecule has 0 radical (unpaired) electrons. The van der Waals surface area contributed by atoms with E-state index in [2.05, 4.69) is 18.6 Å². The van der Waals surface area contributed by atoms with Crippen LogP contribution in [-0.4, -0.2) is 12.3 Å². The van der Waals surface area contributed by atoms with E-state index in [1.807, 2.05) is 38.1 Å². The van der Waals surface area contributed by atoms with E-state index in [1.54, 1.807) is 18.9 Å². The van der Waals surface area contributed by atoms with Crippen molar-refractivity contribution in [3.63, 3.8) is 0 Å². The van der Waals surface area contributed by atoms with Crippen molar-refractivity contribution < 1.29 is 4.79 Å². The summed E-state index contributed by atoms with van der Waals surface area (Å²) in [4.78, 5) is 12.2. The van der Waals surface area contributed by atoms with Crippen LogP contribution < -0.4 is 4.72 Å².